The molecule has 1 fully saturated rings. The fourth-order valence-electron chi connectivity index (χ4n) is 2.53. The average Bonchev–Trinajstić information content (AvgIpc) is 3.18. The Morgan fingerprint density at radius 3 is 2.36 bits per heavy atom. The minimum atomic E-state index is -1.78. The van der Waals surface area contributed by atoms with Crippen LogP contribution < -0.4 is 5.43 Å². The van der Waals surface area contributed by atoms with Crippen molar-refractivity contribution >= 4 is 16.9 Å². The first-order valence-electron chi connectivity index (χ1n) is 6.35. The number of halogens is 4. The highest BCUT2D eigenvalue weighted by Crippen LogP contribution is 2.41. The lowest BCUT2D eigenvalue weighted by molar-refractivity contribution is 0.0694. The molecule has 1 aliphatic rings. The minimum absolute atomic E-state index is 0.0193. The quantitative estimate of drug-likeness (QED) is 0.685. The molecule has 2 atom stereocenters. The number of aromatic carboxylic acids is 1. The van der Waals surface area contributed by atoms with Crippen molar-refractivity contribution in [1.82, 2.24) is 4.57 Å². The summed E-state index contributed by atoms with van der Waals surface area (Å²) < 4.78 is 55.5. The van der Waals surface area contributed by atoms with E-state index in [1.165, 1.54) is 0 Å². The predicted octanol–water partition coefficient (Wildman–Crippen LogP) is 2.71. The van der Waals surface area contributed by atoms with Crippen LogP contribution in [0.3, 0.4) is 0 Å². The predicted molar refractivity (Wildman–Crippen MR) is 68.3 cm³/mol. The molecule has 1 aliphatic carbocycles. The Labute approximate surface area is 120 Å². The Hall–Kier alpha value is -2.38. The van der Waals surface area contributed by atoms with E-state index in [9.17, 15) is 27.2 Å². The molecule has 0 aliphatic heterocycles. The van der Waals surface area contributed by atoms with Crippen molar-refractivity contribution < 1.29 is 27.5 Å². The van der Waals surface area contributed by atoms with Gasteiger partial charge in [0.05, 0.1) is 16.9 Å². The fraction of sp³-hybridized carbons (Fsp3) is 0.286. The zero-order valence-electron chi connectivity index (χ0n) is 11.2. The second kappa shape index (κ2) is 4.56. The number of carboxylic acids is 1. The van der Waals surface area contributed by atoms with Gasteiger partial charge < -0.3 is 9.67 Å². The number of aryl methyl sites for hydroxylation is 1. The van der Waals surface area contributed by atoms with Gasteiger partial charge in [0.25, 0.3) is 0 Å². The summed E-state index contributed by atoms with van der Waals surface area (Å²) in [5.41, 5.74) is -3.01. The van der Waals surface area contributed by atoms with Gasteiger partial charge in [-0.15, -0.1) is 0 Å². The van der Waals surface area contributed by atoms with Gasteiger partial charge >= 0.3 is 5.97 Å². The number of carboxylic acid groups (broad SMARTS) is 1. The van der Waals surface area contributed by atoms with Crippen molar-refractivity contribution in [2.24, 2.45) is 0 Å². The van der Waals surface area contributed by atoms with E-state index < -0.39 is 63.1 Å². The lowest BCUT2D eigenvalue weighted by Gasteiger charge is -2.14. The number of fused-ring (bicyclic) bond motifs is 1. The van der Waals surface area contributed by atoms with E-state index in [2.05, 4.69) is 0 Å². The normalized spacial score (nSPS) is 20.4. The van der Waals surface area contributed by atoms with Crippen LogP contribution in [0.4, 0.5) is 17.6 Å². The molecule has 2 aromatic rings. The summed E-state index contributed by atoms with van der Waals surface area (Å²) in [6.07, 6.45) is -0.605. The Balaban J connectivity index is 2.56. The maximum Gasteiger partial charge on any atom is 0.341 e. The molecule has 0 radical (unpaired) electrons. The Kier molecular flexibility index (Phi) is 3.01. The van der Waals surface area contributed by atoms with E-state index in [1.807, 2.05) is 0 Å². The van der Waals surface area contributed by atoms with Crippen LogP contribution in [0, 0.1) is 24.4 Å². The van der Waals surface area contributed by atoms with Crippen LogP contribution in [0.1, 0.15) is 28.4 Å². The molecule has 8 heteroatoms. The first-order chi connectivity index (χ1) is 10.3. The number of carbonyl (C=O) groups is 1. The number of aromatic nitrogens is 1. The van der Waals surface area contributed by atoms with E-state index in [1.54, 1.807) is 0 Å². The Morgan fingerprint density at radius 2 is 1.86 bits per heavy atom. The monoisotopic (exact) mass is 315 g/mol. The highest BCUT2D eigenvalue weighted by Gasteiger charge is 2.41. The topological polar surface area (TPSA) is 59.3 Å². The molecule has 22 heavy (non-hydrogen) atoms. The molecule has 116 valence electrons. The van der Waals surface area contributed by atoms with Gasteiger partial charge in [-0.1, -0.05) is 0 Å². The van der Waals surface area contributed by atoms with E-state index in [4.69, 9.17) is 5.11 Å². The summed E-state index contributed by atoms with van der Waals surface area (Å²) in [5, 5.41) is 8.45. The SMILES string of the molecule is Cc1c(F)c(F)c(F)c2c1c(=O)c(C(=O)O)cn2[C@@H]1C[C@H]1F. The van der Waals surface area contributed by atoms with Crippen LogP contribution in [-0.4, -0.2) is 21.8 Å². The first kappa shape index (κ1) is 14.6. The van der Waals surface area contributed by atoms with Crippen molar-refractivity contribution in [2.75, 3.05) is 0 Å². The van der Waals surface area contributed by atoms with E-state index in [0.717, 1.165) is 17.7 Å². The van der Waals surface area contributed by atoms with Crippen LogP contribution in [0.5, 0.6) is 0 Å². The molecule has 1 N–H and O–H groups in total. The van der Waals surface area contributed by atoms with Crippen LogP contribution in [0.15, 0.2) is 11.0 Å². The van der Waals surface area contributed by atoms with Crippen molar-refractivity contribution in [3.8, 4) is 0 Å². The van der Waals surface area contributed by atoms with Gasteiger partial charge in [0.2, 0.25) is 5.43 Å². The van der Waals surface area contributed by atoms with Crippen LogP contribution >= 0.6 is 0 Å². The summed E-state index contributed by atoms with van der Waals surface area (Å²) in [6, 6.07) is -0.903. The number of alkyl halides is 1. The zero-order chi connectivity index (χ0) is 16.3. The van der Waals surface area contributed by atoms with Gasteiger partial charge in [0.15, 0.2) is 17.5 Å². The van der Waals surface area contributed by atoms with E-state index in [-0.39, 0.29) is 6.42 Å². The second-order valence-corrected chi connectivity index (χ2v) is 5.19. The van der Waals surface area contributed by atoms with Gasteiger partial charge in [-0.25, -0.2) is 22.4 Å². The Bertz CT molecular complexity index is 890. The van der Waals surface area contributed by atoms with E-state index in [0.29, 0.717) is 0 Å². The molecule has 0 unspecified atom stereocenters. The molecule has 1 saturated carbocycles. The molecule has 0 amide bonds. The number of pyridine rings is 1. The number of hydrogen-bond donors (Lipinski definition) is 1. The number of benzene rings is 1. The summed E-state index contributed by atoms with van der Waals surface area (Å²) in [7, 11) is 0. The van der Waals surface area contributed by atoms with Gasteiger partial charge in [-0.05, 0) is 6.92 Å². The molecular formula is C14H9F4NO3. The van der Waals surface area contributed by atoms with Gasteiger partial charge in [0, 0.05) is 18.2 Å². The molecule has 1 aromatic carbocycles. The molecule has 0 bridgehead atoms. The zero-order valence-corrected chi connectivity index (χ0v) is 11.2. The lowest BCUT2D eigenvalue weighted by Crippen LogP contribution is -2.21. The Morgan fingerprint density at radius 1 is 1.27 bits per heavy atom. The summed E-state index contributed by atoms with van der Waals surface area (Å²) in [6.45, 7) is 1.04. The average molecular weight is 315 g/mol. The van der Waals surface area contributed by atoms with Crippen molar-refractivity contribution in [1.29, 1.82) is 0 Å². The van der Waals surface area contributed by atoms with Gasteiger partial charge in [-0.2, -0.15) is 0 Å². The lowest BCUT2D eigenvalue weighted by atomic mass is 10.0. The standard InChI is InChI=1S/C14H9F4NO3/c1-4-8-12(11(18)10(17)9(4)16)19(7-2-6(7)15)3-5(13(8)20)14(21)22/h3,6-7H,2H2,1H3,(H,21,22)/t6-,7-/m1/s1. The molecule has 3 rings (SSSR count). The van der Waals surface area contributed by atoms with Crippen LogP contribution in [0.2, 0.25) is 0 Å². The first-order valence-corrected chi connectivity index (χ1v) is 6.35. The van der Waals surface area contributed by atoms with Crippen molar-refractivity contribution in [3.63, 3.8) is 0 Å². The molecular weight excluding hydrogens is 306 g/mol. The highest BCUT2D eigenvalue weighted by atomic mass is 19.2. The largest absolute Gasteiger partial charge is 0.477 e. The van der Waals surface area contributed by atoms with Crippen molar-refractivity contribution in [3.05, 3.63) is 45.0 Å². The second-order valence-electron chi connectivity index (χ2n) is 5.19. The van der Waals surface area contributed by atoms with Crippen molar-refractivity contribution in [2.45, 2.75) is 25.6 Å². The maximum atomic E-state index is 14.1. The van der Waals surface area contributed by atoms with E-state index >= 15 is 0 Å². The maximum absolute atomic E-state index is 14.1. The van der Waals surface area contributed by atoms with Gasteiger partial charge in [0.1, 0.15) is 11.7 Å². The third-order valence-electron chi connectivity index (χ3n) is 3.80. The molecule has 1 aromatic heterocycles. The molecule has 0 saturated heterocycles. The number of hydrogen-bond acceptors (Lipinski definition) is 2. The third kappa shape index (κ3) is 1.83. The third-order valence-corrected chi connectivity index (χ3v) is 3.80. The van der Waals surface area contributed by atoms with Crippen LogP contribution in [0.25, 0.3) is 10.9 Å². The summed E-state index contributed by atoms with van der Waals surface area (Å²) in [4.78, 5) is 23.3. The number of nitrogens with zero attached hydrogens (tertiary/aromatic N) is 1. The summed E-state index contributed by atoms with van der Waals surface area (Å²) >= 11 is 0. The molecule has 4 nitrogen and oxygen atoms in total. The fourth-order valence-corrected chi connectivity index (χ4v) is 2.53. The molecule has 1 heterocycles. The smallest absolute Gasteiger partial charge is 0.341 e. The highest BCUT2D eigenvalue weighted by molar-refractivity contribution is 5.94. The number of rotatable bonds is 2. The molecule has 0 spiro atoms. The van der Waals surface area contributed by atoms with Gasteiger partial charge in [-0.3, -0.25) is 4.79 Å². The summed E-state index contributed by atoms with van der Waals surface area (Å²) in [5.74, 6) is -6.59. The van der Waals surface area contributed by atoms with Crippen LogP contribution in [-0.2, 0) is 0 Å². The minimum Gasteiger partial charge on any atom is -0.477 e.